The quantitative estimate of drug-likeness (QED) is 0.903. The fourth-order valence-electron chi connectivity index (χ4n) is 3.91. The van der Waals surface area contributed by atoms with E-state index in [0.29, 0.717) is 18.0 Å². The Labute approximate surface area is 138 Å². The summed E-state index contributed by atoms with van der Waals surface area (Å²) in [5, 5.41) is 4.80. The van der Waals surface area contributed by atoms with Crippen LogP contribution in [0.4, 0.5) is 0 Å². The van der Waals surface area contributed by atoms with E-state index in [0.717, 1.165) is 31.3 Å². The number of rotatable bonds is 5. The molecule has 2 heterocycles. The van der Waals surface area contributed by atoms with Crippen LogP contribution in [-0.4, -0.2) is 40.3 Å². The van der Waals surface area contributed by atoms with Crippen molar-refractivity contribution in [2.24, 2.45) is 13.0 Å². The largest absolute Gasteiger partial charge is 0.381 e. The van der Waals surface area contributed by atoms with E-state index >= 15 is 0 Å². The summed E-state index contributed by atoms with van der Waals surface area (Å²) < 4.78 is 7.75. The topological polar surface area (TPSA) is 39.1 Å². The number of aromatic nitrogens is 2. The monoisotopic (exact) mass is 323 g/mol. The first-order chi connectivity index (χ1) is 10.8. The first-order valence-corrected chi connectivity index (χ1v) is 9.90. The zero-order chi connectivity index (χ0) is 15.4. The van der Waals surface area contributed by atoms with Crippen LogP contribution < -0.4 is 5.32 Å². The molecule has 3 atom stereocenters. The zero-order valence-electron chi connectivity index (χ0n) is 13.8. The summed E-state index contributed by atoms with van der Waals surface area (Å²) in [6.45, 7) is 1.79. The van der Waals surface area contributed by atoms with Gasteiger partial charge in [-0.15, -0.1) is 0 Å². The predicted octanol–water partition coefficient (Wildman–Crippen LogP) is 3.15. The van der Waals surface area contributed by atoms with Crippen molar-refractivity contribution in [3.63, 3.8) is 0 Å². The molecule has 3 rings (SSSR count). The Morgan fingerprint density at radius 1 is 1.32 bits per heavy atom. The summed E-state index contributed by atoms with van der Waals surface area (Å²) in [6.07, 6.45) is 13.9. The Bertz CT molecular complexity index is 459. The Hall–Kier alpha value is -0.520. The van der Waals surface area contributed by atoms with Crippen molar-refractivity contribution in [1.82, 2.24) is 14.9 Å². The Morgan fingerprint density at radius 2 is 2.14 bits per heavy atom. The second-order valence-corrected chi connectivity index (χ2v) is 7.85. The van der Waals surface area contributed by atoms with Crippen LogP contribution in [0.15, 0.2) is 12.4 Å². The fraction of sp³-hybridized carbons (Fsp3) is 0.824. The number of imidazole rings is 1. The maximum atomic E-state index is 5.56. The van der Waals surface area contributed by atoms with Gasteiger partial charge in [0.2, 0.25) is 0 Å². The van der Waals surface area contributed by atoms with Crippen molar-refractivity contribution in [2.45, 2.75) is 55.9 Å². The molecule has 0 spiro atoms. The molecule has 4 nitrogen and oxygen atoms in total. The van der Waals surface area contributed by atoms with Crippen LogP contribution in [-0.2, 0) is 11.8 Å². The highest BCUT2D eigenvalue weighted by Gasteiger charge is 2.31. The van der Waals surface area contributed by atoms with Gasteiger partial charge in [-0.2, -0.15) is 11.8 Å². The van der Waals surface area contributed by atoms with Crippen molar-refractivity contribution in [1.29, 1.82) is 0 Å². The van der Waals surface area contributed by atoms with Gasteiger partial charge in [0.05, 0.1) is 6.04 Å². The van der Waals surface area contributed by atoms with E-state index in [1.54, 1.807) is 0 Å². The molecule has 124 valence electrons. The summed E-state index contributed by atoms with van der Waals surface area (Å²) in [6, 6.07) is 1.00. The van der Waals surface area contributed by atoms with Crippen LogP contribution in [0.5, 0.6) is 0 Å². The minimum absolute atomic E-state index is 0.370. The average Bonchev–Trinajstić information content (AvgIpc) is 2.99. The van der Waals surface area contributed by atoms with Gasteiger partial charge >= 0.3 is 0 Å². The minimum Gasteiger partial charge on any atom is -0.381 e. The number of thioether (sulfide) groups is 1. The number of hydrogen-bond acceptors (Lipinski definition) is 4. The molecule has 0 radical (unpaired) electrons. The molecular weight excluding hydrogens is 294 g/mol. The molecule has 0 unspecified atom stereocenters. The molecule has 0 amide bonds. The normalized spacial score (nSPS) is 28.6. The molecule has 2 fully saturated rings. The third-order valence-electron chi connectivity index (χ3n) is 5.25. The van der Waals surface area contributed by atoms with Crippen LogP contribution in [0.1, 0.15) is 50.4 Å². The van der Waals surface area contributed by atoms with Gasteiger partial charge in [0, 0.05) is 43.9 Å². The van der Waals surface area contributed by atoms with E-state index in [4.69, 9.17) is 4.74 Å². The lowest BCUT2D eigenvalue weighted by molar-refractivity contribution is 0.0493. The van der Waals surface area contributed by atoms with Gasteiger partial charge in [0.25, 0.3) is 0 Å². The van der Waals surface area contributed by atoms with Gasteiger partial charge in [0.15, 0.2) is 0 Å². The number of nitrogens with one attached hydrogen (secondary N) is 1. The third kappa shape index (κ3) is 3.87. The van der Waals surface area contributed by atoms with E-state index < -0.39 is 0 Å². The standard InChI is InChI=1S/C17H29N3OS/c1-20-9-8-18-17(20)16(13-6-10-21-11-7-13)19-14-4-3-5-15(12-14)22-2/h8-9,13-16,19H,3-7,10-12H2,1-2H3/t14-,15+,16-/m0/s1. The average molecular weight is 324 g/mol. The molecule has 1 aliphatic heterocycles. The molecule has 1 aromatic heterocycles. The van der Waals surface area contributed by atoms with Gasteiger partial charge in [-0.1, -0.05) is 6.42 Å². The SMILES string of the molecule is CS[C@@H]1CCC[C@H](N[C@H](c2nccn2C)C2CCOCC2)C1. The van der Waals surface area contributed by atoms with Gasteiger partial charge in [-0.25, -0.2) is 4.98 Å². The fourth-order valence-corrected chi connectivity index (χ4v) is 4.74. The van der Waals surface area contributed by atoms with Gasteiger partial charge in [-0.05, 0) is 44.3 Å². The third-order valence-corrected chi connectivity index (χ3v) is 6.34. The lowest BCUT2D eigenvalue weighted by atomic mass is 9.88. The molecule has 1 saturated carbocycles. The van der Waals surface area contributed by atoms with E-state index in [-0.39, 0.29) is 0 Å². The molecule has 1 saturated heterocycles. The molecular formula is C17H29N3OS. The maximum Gasteiger partial charge on any atom is 0.125 e. The first-order valence-electron chi connectivity index (χ1n) is 8.61. The lowest BCUT2D eigenvalue weighted by Crippen LogP contribution is -2.42. The molecule has 22 heavy (non-hydrogen) atoms. The Kier molecular flexibility index (Phi) is 5.83. The van der Waals surface area contributed by atoms with Crippen LogP contribution in [0.3, 0.4) is 0 Å². The summed E-state index contributed by atoms with van der Waals surface area (Å²) in [4.78, 5) is 4.65. The second kappa shape index (κ2) is 7.84. The summed E-state index contributed by atoms with van der Waals surface area (Å²) in [5.41, 5.74) is 0. The number of aryl methyl sites for hydroxylation is 1. The molecule has 2 aliphatic rings. The second-order valence-electron chi connectivity index (χ2n) is 6.71. The van der Waals surface area contributed by atoms with Crippen LogP contribution in [0.2, 0.25) is 0 Å². The zero-order valence-corrected chi connectivity index (χ0v) is 14.6. The number of ether oxygens (including phenoxy) is 1. The van der Waals surface area contributed by atoms with E-state index in [1.807, 2.05) is 18.0 Å². The van der Waals surface area contributed by atoms with Crippen LogP contribution in [0.25, 0.3) is 0 Å². The summed E-state index contributed by atoms with van der Waals surface area (Å²) in [7, 11) is 2.11. The number of hydrogen-bond donors (Lipinski definition) is 1. The highest BCUT2D eigenvalue weighted by molar-refractivity contribution is 7.99. The van der Waals surface area contributed by atoms with E-state index in [2.05, 4.69) is 34.4 Å². The van der Waals surface area contributed by atoms with Gasteiger partial charge in [-0.3, -0.25) is 0 Å². The van der Waals surface area contributed by atoms with Crippen LogP contribution >= 0.6 is 11.8 Å². The molecule has 0 bridgehead atoms. The molecule has 1 aliphatic carbocycles. The summed E-state index contributed by atoms with van der Waals surface area (Å²) >= 11 is 2.03. The highest BCUT2D eigenvalue weighted by Crippen LogP contribution is 2.33. The highest BCUT2D eigenvalue weighted by atomic mass is 32.2. The smallest absolute Gasteiger partial charge is 0.125 e. The van der Waals surface area contributed by atoms with Crippen molar-refractivity contribution < 1.29 is 4.74 Å². The van der Waals surface area contributed by atoms with Gasteiger partial charge < -0.3 is 14.6 Å². The van der Waals surface area contributed by atoms with Crippen molar-refractivity contribution in [2.75, 3.05) is 19.5 Å². The van der Waals surface area contributed by atoms with Gasteiger partial charge in [0.1, 0.15) is 5.82 Å². The van der Waals surface area contributed by atoms with Crippen molar-refractivity contribution in [3.8, 4) is 0 Å². The maximum absolute atomic E-state index is 5.56. The van der Waals surface area contributed by atoms with Crippen LogP contribution in [0, 0.1) is 5.92 Å². The predicted molar refractivity (Wildman–Crippen MR) is 92.2 cm³/mol. The minimum atomic E-state index is 0.370. The lowest BCUT2D eigenvalue weighted by Gasteiger charge is -2.36. The Balaban J connectivity index is 1.72. The molecule has 1 aromatic rings. The van der Waals surface area contributed by atoms with E-state index in [1.165, 1.54) is 31.5 Å². The van der Waals surface area contributed by atoms with E-state index in [9.17, 15) is 0 Å². The molecule has 5 heteroatoms. The number of nitrogens with zero attached hydrogens (tertiary/aromatic N) is 2. The van der Waals surface area contributed by atoms with Crippen molar-refractivity contribution >= 4 is 11.8 Å². The molecule has 0 aromatic carbocycles. The summed E-state index contributed by atoms with van der Waals surface area (Å²) in [5.74, 6) is 1.84. The van der Waals surface area contributed by atoms with Crippen molar-refractivity contribution in [3.05, 3.63) is 18.2 Å². The Morgan fingerprint density at radius 3 is 2.82 bits per heavy atom. The first kappa shape index (κ1) is 16.3. The molecule has 1 N–H and O–H groups in total.